The van der Waals surface area contributed by atoms with Crippen LogP contribution in [0.4, 0.5) is 5.69 Å². The number of anilines is 1. The molecule has 7 heteroatoms. The van der Waals surface area contributed by atoms with Gasteiger partial charge in [0.1, 0.15) is 17.9 Å². The van der Waals surface area contributed by atoms with Crippen molar-refractivity contribution in [2.45, 2.75) is 13.0 Å². The van der Waals surface area contributed by atoms with Crippen LogP contribution >= 0.6 is 0 Å². The molecule has 7 nitrogen and oxygen atoms in total. The third-order valence-electron chi connectivity index (χ3n) is 4.26. The van der Waals surface area contributed by atoms with Crippen molar-refractivity contribution >= 4 is 11.6 Å². The number of para-hydroxylation sites is 1. The van der Waals surface area contributed by atoms with Crippen molar-refractivity contribution in [3.8, 4) is 23.1 Å². The summed E-state index contributed by atoms with van der Waals surface area (Å²) in [7, 11) is 1.58. The molecule has 1 aromatic heterocycles. The van der Waals surface area contributed by atoms with Crippen molar-refractivity contribution in [2.24, 2.45) is 0 Å². The number of aromatic nitrogens is 2. The fraction of sp³-hybridized carbons (Fsp3) is 0.143. The number of nitriles is 1. The third-order valence-corrected chi connectivity index (χ3v) is 4.26. The molecule has 1 atom stereocenters. The van der Waals surface area contributed by atoms with Crippen molar-refractivity contribution in [3.63, 3.8) is 0 Å². The van der Waals surface area contributed by atoms with Gasteiger partial charge in [0.25, 0.3) is 5.56 Å². The molecule has 1 heterocycles. The van der Waals surface area contributed by atoms with Crippen molar-refractivity contribution in [1.29, 1.82) is 5.26 Å². The Morgan fingerprint density at radius 1 is 1.14 bits per heavy atom. The summed E-state index contributed by atoms with van der Waals surface area (Å²) < 4.78 is 6.27. The highest BCUT2D eigenvalue weighted by molar-refractivity contribution is 5.94. The van der Waals surface area contributed by atoms with Crippen LogP contribution in [0, 0.1) is 11.3 Å². The van der Waals surface area contributed by atoms with Gasteiger partial charge in [-0.3, -0.25) is 9.59 Å². The molecule has 0 aliphatic carbocycles. The summed E-state index contributed by atoms with van der Waals surface area (Å²) in [5, 5.41) is 16.2. The number of benzene rings is 2. The zero-order valence-electron chi connectivity index (χ0n) is 15.4. The average Bonchev–Trinajstić information content (AvgIpc) is 2.74. The van der Waals surface area contributed by atoms with E-state index in [9.17, 15) is 9.59 Å². The van der Waals surface area contributed by atoms with Crippen LogP contribution < -0.4 is 15.6 Å². The van der Waals surface area contributed by atoms with Gasteiger partial charge >= 0.3 is 0 Å². The second kappa shape index (κ2) is 8.18. The highest BCUT2D eigenvalue weighted by Crippen LogP contribution is 2.20. The third kappa shape index (κ3) is 3.91. The number of rotatable bonds is 5. The minimum Gasteiger partial charge on any atom is -0.497 e. The number of nitrogens with zero attached hydrogens (tertiary/aromatic N) is 3. The number of amides is 1. The van der Waals surface area contributed by atoms with Gasteiger partial charge in [-0.15, -0.1) is 0 Å². The summed E-state index contributed by atoms with van der Waals surface area (Å²) in [4.78, 5) is 24.9. The van der Waals surface area contributed by atoms with Crippen LogP contribution in [0.1, 0.15) is 18.5 Å². The molecular weight excluding hydrogens is 356 g/mol. The number of carbonyl (C=O) groups is 1. The predicted molar refractivity (Wildman–Crippen MR) is 105 cm³/mol. The van der Waals surface area contributed by atoms with E-state index in [2.05, 4.69) is 10.4 Å². The minimum atomic E-state index is -0.863. The van der Waals surface area contributed by atoms with Crippen molar-refractivity contribution in [1.82, 2.24) is 9.78 Å². The molecule has 0 aliphatic heterocycles. The molecule has 1 unspecified atom stereocenters. The molecule has 2 aromatic carbocycles. The van der Waals surface area contributed by atoms with Crippen LogP contribution in [0.5, 0.6) is 5.75 Å². The number of hydrogen-bond donors (Lipinski definition) is 1. The predicted octanol–water partition coefficient (Wildman–Crippen LogP) is 2.99. The maximum atomic E-state index is 12.6. The lowest BCUT2D eigenvalue weighted by atomic mass is 10.1. The van der Waals surface area contributed by atoms with Gasteiger partial charge in [0, 0.05) is 11.6 Å². The van der Waals surface area contributed by atoms with E-state index in [1.165, 1.54) is 6.07 Å². The van der Waals surface area contributed by atoms with Crippen LogP contribution in [-0.2, 0) is 4.79 Å². The van der Waals surface area contributed by atoms with Crippen molar-refractivity contribution < 1.29 is 9.53 Å². The van der Waals surface area contributed by atoms with Crippen LogP contribution in [0.2, 0.25) is 0 Å². The maximum absolute atomic E-state index is 12.6. The summed E-state index contributed by atoms with van der Waals surface area (Å²) in [6, 6.07) is 18.0. The monoisotopic (exact) mass is 374 g/mol. The smallest absolute Gasteiger partial charge is 0.267 e. The lowest BCUT2D eigenvalue weighted by Gasteiger charge is -2.15. The maximum Gasteiger partial charge on any atom is 0.267 e. The molecule has 3 aromatic rings. The first-order valence-corrected chi connectivity index (χ1v) is 8.58. The highest BCUT2D eigenvalue weighted by Gasteiger charge is 2.19. The fourth-order valence-corrected chi connectivity index (χ4v) is 2.66. The summed E-state index contributed by atoms with van der Waals surface area (Å²) >= 11 is 0. The van der Waals surface area contributed by atoms with Gasteiger partial charge in [0.15, 0.2) is 0 Å². The largest absolute Gasteiger partial charge is 0.497 e. The van der Waals surface area contributed by atoms with E-state index in [0.717, 1.165) is 10.2 Å². The number of hydrogen-bond acceptors (Lipinski definition) is 5. The standard InChI is InChI=1S/C21H18N4O3/c1-14(21(27)23-18-6-4-3-5-16(18)13-22)25-20(26)12-11-19(24-25)15-7-9-17(28-2)10-8-15/h3-12,14H,1-2H3,(H,23,27). The van der Waals surface area contributed by atoms with Crippen molar-refractivity contribution in [3.05, 3.63) is 76.6 Å². The Bertz CT molecular complexity index is 1100. The molecule has 3 rings (SSSR count). The fourth-order valence-electron chi connectivity index (χ4n) is 2.66. The first-order chi connectivity index (χ1) is 13.5. The summed E-state index contributed by atoms with van der Waals surface area (Å²) in [5.41, 5.74) is 1.68. The van der Waals surface area contributed by atoms with Gasteiger partial charge in [-0.2, -0.15) is 10.4 Å². The normalized spacial score (nSPS) is 11.3. The Hall–Kier alpha value is -3.92. The Labute approximate surface area is 161 Å². The Morgan fingerprint density at radius 2 is 1.86 bits per heavy atom. The van der Waals surface area contributed by atoms with Crippen molar-refractivity contribution in [2.75, 3.05) is 12.4 Å². The SMILES string of the molecule is COc1ccc(-c2ccc(=O)n(C(C)C(=O)Nc3ccccc3C#N)n2)cc1. The minimum absolute atomic E-state index is 0.343. The van der Waals surface area contributed by atoms with Gasteiger partial charge < -0.3 is 10.1 Å². The molecule has 0 aliphatic rings. The van der Waals surface area contributed by atoms with E-state index in [0.29, 0.717) is 22.7 Å². The van der Waals surface area contributed by atoms with Gasteiger partial charge in [-0.05, 0) is 49.4 Å². The van der Waals surface area contributed by atoms with E-state index >= 15 is 0 Å². The molecule has 28 heavy (non-hydrogen) atoms. The second-order valence-electron chi connectivity index (χ2n) is 6.05. The first kappa shape index (κ1) is 18.9. The zero-order chi connectivity index (χ0) is 20.1. The number of methoxy groups -OCH3 is 1. The van der Waals surface area contributed by atoms with Crippen LogP contribution in [-0.4, -0.2) is 22.8 Å². The Balaban J connectivity index is 1.88. The quantitative estimate of drug-likeness (QED) is 0.740. The lowest BCUT2D eigenvalue weighted by molar-refractivity contribution is -0.119. The summed E-state index contributed by atoms with van der Waals surface area (Å²) in [6.07, 6.45) is 0. The molecule has 0 bridgehead atoms. The Morgan fingerprint density at radius 3 is 2.54 bits per heavy atom. The average molecular weight is 374 g/mol. The van der Waals surface area contributed by atoms with Gasteiger partial charge in [-0.25, -0.2) is 4.68 Å². The first-order valence-electron chi connectivity index (χ1n) is 8.58. The molecule has 0 fully saturated rings. The molecule has 0 saturated heterocycles. The van der Waals surface area contributed by atoms with E-state index in [1.54, 1.807) is 56.5 Å². The Kier molecular flexibility index (Phi) is 5.51. The molecule has 0 saturated carbocycles. The summed E-state index contributed by atoms with van der Waals surface area (Å²) in [6.45, 7) is 1.58. The lowest BCUT2D eigenvalue weighted by Crippen LogP contribution is -2.33. The van der Waals surface area contributed by atoms with E-state index in [-0.39, 0.29) is 0 Å². The molecule has 1 amide bonds. The topological polar surface area (TPSA) is 97.0 Å². The number of carbonyl (C=O) groups excluding carboxylic acids is 1. The molecule has 1 N–H and O–H groups in total. The van der Waals surface area contributed by atoms with E-state index < -0.39 is 17.5 Å². The highest BCUT2D eigenvalue weighted by atomic mass is 16.5. The second-order valence-corrected chi connectivity index (χ2v) is 6.05. The van der Waals surface area contributed by atoms with E-state index in [4.69, 9.17) is 10.00 Å². The summed E-state index contributed by atoms with van der Waals surface area (Å²) in [5.74, 6) is 0.269. The van der Waals surface area contributed by atoms with Crippen LogP contribution in [0.3, 0.4) is 0 Å². The van der Waals surface area contributed by atoms with E-state index in [1.807, 2.05) is 18.2 Å². The molecule has 0 spiro atoms. The van der Waals surface area contributed by atoms with Crippen LogP contribution in [0.25, 0.3) is 11.3 Å². The number of nitrogens with one attached hydrogen (secondary N) is 1. The van der Waals surface area contributed by atoms with Gasteiger partial charge in [0.2, 0.25) is 5.91 Å². The number of ether oxygens (including phenoxy) is 1. The zero-order valence-corrected chi connectivity index (χ0v) is 15.4. The molecule has 140 valence electrons. The van der Waals surface area contributed by atoms with Gasteiger partial charge in [0.05, 0.1) is 24.1 Å². The van der Waals surface area contributed by atoms with Gasteiger partial charge in [-0.1, -0.05) is 12.1 Å². The van der Waals surface area contributed by atoms with Crippen LogP contribution in [0.15, 0.2) is 65.5 Å². The molecular formula is C21H18N4O3. The molecule has 0 radical (unpaired) electrons.